The van der Waals surface area contributed by atoms with Gasteiger partial charge >= 0.3 is 0 Å². The van der Waals surface area contributed by atoms with Crippen LogP contribution in [0.4, 0.5) is 0 Å². The van der Waals surface area contributed by atoms with Crippen LogP contribution in [-0.2, 0) is 4.74 Å². The molecule has 2 unspecified atom stereocenters. The first kappa shape index (κ1) is 16.8. The number of carbonyl (C=O) groups is 1. The second kappa shape index (κ2) is 7.21. The molecule has 7 heteroatoms. The van der Waals surface area contributed by atoms with Crippen molar-refractivity contribution in [1.82, 2.24) is 5.32 Å². The number of Topliss-reactive ketones (excluding diaryl/α,β-unsaturated/α-hetero) is 1. The number of nitrogens with one attached hydrogen (secondary N) is 1. The SMILES string of the molecule is COc1cc(C(=O)C2COC(c3cccs3)N2)cc(OC)c1OC. The first-order valence-electron chi connectivity index (χ1n) is 7.43. The van der Waals surface area contributed by atoms with Gasteiger partial charge in [-0.05, 0) is 23.6 Å². The quantitative estimate of drug-likeness (QED) is 0.809. The van der Waals surface area contributed by atoms with E-state index in [9.17, 15) is 4.79 Å². The predicted octanol–water partition coefficient (Wildman–Crippen LogP) is 2.64. The van der Waals surface area contributed by atoms with Crippen LogP contribution in [0.5, 0.6) is 17.2 Å². The highest BCUT2D eigenvalue weighted by Crippen LogP contribution is 2.38. The predicted molar refractivity (Wildman–Crippen MR) is 90.4 cm³/mol. The fraction of sp³-hybridized carbons (Fsp3) is 0.353. The van der Waals surface area contributed by atoms with Crippen LogP contribution in [0.25, 0.3) is 0 Å². The lowest BCUT2D eigenvalue weighted by Gasteiger charge is -2.15. The third-order valence-electron chi connectivity index (χ3n) is 3.85. The Balaban J connectivity index is 1.82. The van der Waals surface area contributed by atoms with Crippen molar-refractivity contribution in [2.24, 2.45) is 0 Å². The second-order valence-corrected chi connectivity index (χ2v) is 6.21. The number of hydrogen-bond acceptors (Lipinski definition) is 7. The molecule has 1 fully saturated rings. The number of rotatable bonds is 6. The Labute approximate surface area is 144 Å². The van der Waals surface area contributed by atoms with Crippen LogP contribution < -0.4 is 19.5 Å². The minimum absolute atomic E-state index is 0.0756. The topological polar surface area (TPSA) is 66.0 Å². The average molecular weight is 349 g/mol. The van der Waals surface area contributed by atoms with Gasteiger partial charge in [0, 0.05) is 10.4 Å². The van der Waals surface area contributed by atoms with Crippen LogP contribution in [0.3, 0.4) is 0 Å². The van der Waals surface area contributed by atoms with E-state index in [1.165, 1.54) is 21.3 Å². The van der Waals surface area contributed by atoms with Gasteiger partial charge in [0.15, 0.2) is 17.3 Å². The van der Waals surface area contributed by atoms with Gasteiger partial charge in [0.2, 0.25) is 5.75 Å². The van der Waals surface area contributed by atoms with Crippen molar-refractivity contribution >= 4 is 17.1 Å². The van der Waals surface area contributed by atoms with Crippen molar-refractivity contribution in [2.45, 2.75) is 12.3 Å². The highest BCUT2D eigenvalue weighted by molar-refractivity contribution is 7.10. The Hall–Kier alpha value is -2.09. The summed E-state index contributed by atoms with van der Waals surface area (Å²) in [5, 5.41) is 5.20. The van der Waals surface area contributed by atoms with E-state index >= 15 is 0 Å². The number of carbonyl (C=O) groups excluding carboxylic acids is 1. The van der Waals surface area contributed by atoms with Gasteiger partial charge in [-0.3, -0.25) is 10.1 Å². The molecule has 0 saturated carbocycles. The molecule has 2 atom stereocenters. The summed E-state index contributed by atoms with van der Waals surface area (Å²) < 4.78 is 21.6. The van der Waals surface area contributed by atoms with E-state index in [2.05, 4.69) is 5.32 Å². The molecule has 0 bridgehead atoms. The summed E-state index contributed by atoms with van der Waals surface area (Å²) in [6.45, 7) is 0.318. The largest absolute Gasteiger partial charge is 0.493 e. The normalized spacial score (nSPS) is 20.0. The van der Waals surface area contributed by atoms with Gasteiger partial charge in [-0.15, -0.1) is 11.3 Å². The summed E-state index contributed by atoms with van der Waals surface area (Å²) in [7, 11) is 4.57. The molecule has 1 N–H and O–H groups in total. The lowest BCUT2D eigenvalue weighted by molar-refractivity contribution is 0.0914. The molecule has 1 aromatic carbocycles. The smallest absolute Gasteiger partial charge is 0.203 e. The van der Waals surface area contributed by atoms with Gasteiger partial charge in [-0.2, -0.15) is 0 Å². The molecule has 6 nitrogen and oxygen atoms in total. The number of methoxy groups -OCH3 is 3. The minimum Gasteiger partial charge on any atom is -0.493 e. The Kier molecular flexibility index (Phi) is 5.03. The summed E-state index contributed by atoms with van der Waals surface area (Å²) in [5.74, 6) is 1.29. The van der Waals surface area contributed by atoms with Crippen LogP contribution in [0.15, 0.2) is 29.6 Å². The summed E-state index contributed by atoms with van der Waals surface area (Å²) >= 11 is 1.59. The molecule has 3 rings (SSSR count). The number of ether oxygens (including phenoxy) is 4. The average Bonchev–Trinajstić information content (AvgIpc) is 3.30. The lowest BCUT2D eigenvalue weighted by Crippen LogP contribution is -2.34. The number of thiophene rings is 1. The molecule has 24 heavy (non-hydrogen) atoms. The Morgan fingerprint density at radius 3 is 2.46 bits per heavy atom. The van der Waals surface area contributed by atoms with Gasteiger partial charge < -0.3 is 18.9 Å². The number of ketones is 1. The van der Waals surface area contributed by atoms with E-state index in [0.717, 1.165) is 4.88 Å². The van der Waals surface area contributed by atoms with Crippen LogP contribution in [0.2, 0.25) is 0 Å². The van der Waals surface area contributed by atoms with Gasteiger partial charge in [0.05, 0.1) is 34.0 Å². The van der Waals surface area contributed by atoms with Crippen LogP contribution in [0.1, 0.15) is 21.5 Å². The van der Waals surface area contributed by atoms with E-state index in [1.54, 1.807) is 23.5 Å². The van der Waals surface area contributed by atoms with Crippen molar-refractivity contribution in [3.05, 3.63) is 40.1 Å². The zero-order valence-electron chi connectivity index (χ0n) is 13.7. The molecule has 2 heterocycles. The van der Waals surface area contributed by atoms with E-state index in [-0.39, 0.29) is 12.0 Å². The monoisotopic (exact) mass is 349 g/mol. The van der Waals surface area contributed by atoms with Crippen molar-refractivity contribution in [2.75, 3.05) is 27.9 Å². The highest BCUT2D eigenvalue weighted by Gasteiger charge is 2.32. The highest BCUT2D eigenvalue weighted by atomic mass is 32.1. The molecular formula is C17H19NO5S. The van der Waals surface area contributed by atoms with Crippen molar-refractivity contribution in [3.63, 3.8) is 0 Å². The van der Waals surface area contributed by atoms with E-state index in [0.29, 0.717) is 29.4 Å². The molecule has 128 valence electrons. The number of benzene rings is 1. The maximum Gasteiger partial charge on any atom is 0.203 e. The minimum atomic E-state index is -0.417. The van der Waals surface area contributed by atoms with Gasteiger partial charge in [-0.1, -0.05) is 6.07 Å². The zero-order valence-corrected chi connectivity index (χ0v) is 14.5. The zero-order chi connectivity index (χ0) is 17.1. The molecule has 0 radical (unpaired) electrons. The fourth-order valence-electron chi connectivity index (χ4n) is 2.65. The van der Waals surface area contributed by atoms with E-state index < -0.39 is 6.04 Å². The molecular weight excluding hydrogens is 330 g/mol. The third kappa shape index (κ3) is 3.10. The molecule has 0 aliphatic carbocycles. The van der Waals surface area contributed by atoms with Crippen LogP contribution >= 0.6 is 11.3 Å². The van der Waals surface area contributed by atoms with Crippen LogP contribution in [-0.4, -0.2) is 39.8 Å². The first-order valence-corrected chi connectivity index (χ1v) is 8.31. The Morgan fingerprint density at radius 2 is 1.92 bits per heavy atom. The maximum atomic E-state index is 12.8. The Morgan fingerprint density at radius 1 is 1.21 bits per heavy atom. The standard InChI is InChI=1S/C17H19NO5S/c1-20-12-7-10(8-13(21-2)16(12)22-3)15(19)11-9-23-17(18-11)14-5-4-6-24-14/h4-8,11,17-18H,9H2,1-3H3. The van der Waals surface area contributed by atoms with E-state index in [4.69, 9.17) is 18.9 Å². The molecule has 1 aromatic heterocycles. The lowest BCUT2D eigenvalue weighted by atomic mass is 10.0. The molecule has 1 saturated heterocycles. The second-order valence-electron chi connectivity index (χ2n) is 5.23. The van der Waals surface area contributed by atoms with Gasteiger partial charge in [0.25, 0.3) is 0 Å². The number of hydrogen-bond donors (Lipinski definition) is 1. The van der Waals surface area contributed by atoms with Crippen molar-refractivity contribution in [1.29, 1.82) is 0 Å². The summed E-state index contributed by atoms with van der Waals surface area (Å²) in [6, 6.07) is 6.83. The third-order valence-corrected chi connectivity index (χ3v) is 4.76. The molecule has 0 amide bonds. The Bertz CT molecular complexity index is 691. The molecule has 0 spiro atoms. The molecule has 1 aliphatic heterocycles. The molecule has 1 aliphatic rings. The van der Waals surface area contributed by atoms with Crippen LogP contribution in [0, 0.1) is 0 Å². The summed E-state index contributed by atoms with van der Waals surface area (Å²) in [4.78, 5) is 13.9. The molecule has 2 aromatic rings. The first-order chi connectivity index (χ1) is 11.7. The van der Waals surface area contributed by atoms with Crippen molar-refractivity contribution in [3.8, 4) is 17.2 Å². The van der Waals surface area contributed by atoms with E-state index in [1.807, 2.05) is 17.5 Å². The maximum absolute atomic E-state index is 12.8. The summed E-state index contributed by atoms with van der Waals surface area (Å²) in [6.07, 6.45) is -0.249. The summed E-state index contributed by atoms with van der Waals surface area (Å²) in [5.41, 5.74) is 0.484. The van der Waals surface area contributed by atoms with Gasteiger partial charge in [0.1, 0.15) is 6.23 Å². The van der Waals surface area contributed by atoms with Crippen molar-refractivity contribution < 1.29 is 23.7 Å². The van der Waals surface area contributed by atoms with Gasteiger partial charge in [-0.25, -0.2) is 0 Å². The fourth-order valence-corrected chi connectivity index (χ4v) is 3.38.